The van der Waals surface area contributed by atoms with Crippen LogP contribution in [-0.4, -0.2) is 35.4 Å². The molecule has 4 amide bonds. The number of hydrogen-bond donors (Lipinski definition) is 2. The second-order valence-corrected chi connectivity index (χ2v) is 8.03. The van der Waals surface area contributed by atoms with Crippen LogP contribution < -0.4 is 15.4 Å². The minimum atomic E-state index is -1.28. The van der Waals surface area contributed by atoms with E-state index in [0.29, 0.717) is 23.6 Å². The maximum absolute atomic E-state index is 13.2. The van der Waals surface area contributed by atoms with Crippen molar-refractivity contribution in [3.8, 4) is 5.75 Å². The zero-order valence-electron chi connectivity index (χ0n) is 18.2. The number of carbonyl (C=O) groups is 3. The second-order valence-electron chi connectivity index (χ2n) is 8.03. The number of nitrogens with zero attached hydrogens (tertiary/aromatic N) is 1. The molecule has 162 valence electrons. The number of amides is 4. The minimum Gasteiger partial charge on any atom is -0.489 e. The number of aryl methyl sites for hydroxylation is 1. The summed E-state index contributed by atoms with van der Waals surface area (Å²) in [6, 6.07) is 12.6. The van der Waals surface area contributed by atoms with Gasteiger partial charge in [0.25, 0.3) is 5.91 Å². The van der Waals surface area contributed by atoms with Crippen LogP contribution in [0.25, 0.3) is 0 Å². The highest BCUT2D eigenvalue weighted by Crippen LogP contribution is 2.31. The Balaban J connectivity index is 1.75. The van der Waals surface area contributed by atoms with Crippen molar-refractivity contribution in [2.45, 2.75) is 39.3 Å². The first-order valence-corrected chi connectivity index (χ1v) is 10.0. The quantitative estimate of drug-likeness (QED) is 0.527. The highest BCUT2D eigenvalue weighted by Gasteiger charge is 2.51. The van der Waals surface area contributed by atoms with Crippen molar-refractivity contribution >= 4 is 23.5 Å². The van der Waals surface area contributed by atoms with E-state index in [1.54, 1.807) is 43.3 Å². The van der Waals surface area contributed by atoms with Gasteiger partial charge in [-0.2, -0.15) is 0 Å². The van der Waals surface area contributed by atoms with E-state index in [2.05, 4.69) is 17.2 Å². The molecule has 31 heavy (non-hydrogen) atoms. The Morgan fingerprint density at radius 2 is 1.77 bits per heavy atom. The van der Waals surface area contributed by atoms with E-state index in [-0.39, 0.29) is 0 Å². The van der Waals surface area contributed by atoms with Crippen LogP contribution in [0.2, 0.25) is 0 Å². The van der Waals surface area contributed by atoms with Crippen LogP contribution in [0.4, 0.5) is 10.5 Å². The Morgan fingerprint density at radius 3 is 2.35 bits per heavy atom. The molecule has 0 radical (unpaired) electrons. The molecular weight excluding hydrogens is 394 g/mol. The first-order chi connectivity index (χ1) is 14.6. The van der Waals surface area contributed by atoms with E-state index in [9.17, 15) is 14.4 Å². The van der Waals surface area contributed by atoms with Gasteiger partial charge in [0.2, 0.25) is 5.91 Å². The SMILES string of the molecule is C=C(C)COc1ccc(C2(C)NC(=O)N(C(C)C(=O)Nc3ccc(C)cc3)C2=O)cc1. The van der Waals surface area contributed by atoms with Gasteiger partial charge in [-0.1, -0.05) is 36.4 Å². The molecule has 2 N–H and O–H groups in total. The number of benzene rings is 2. The molecule has 0 saturated carbocycles. The first-order valence-electron chi connectivity index (χ1n) is 10.0. The molecule has 7 nitrogen and oxygen atoms in total. The highest BCUT2D eigenvalue weighted by molar-refractivity contribution is 6.11. The molecule has 1 saturated heterocycles. The van der Waals surface area contributed by atoms with Gasteiger partial charge in [0, 0.05) is 5.69 Å². The third-order valence-electron chi connectivity index (χ3n) is 5.23. The van der Waals surface area contributed by atoms with Gasteiger partial charge >= 0.3 is 6.03 Å². The van der Waals surface area contributed by atoms with E-state index >= 15 is 0 Å². The lowest BCUT2D eigenvalue weighted by atomic mass is 9.91. The van der Waals surface area contributed by atoms with Crippen molar-refractivity contribution in [3.63, 3.8) is 0 Å². The van der Waals surface area contributed by atoms with Crippen molar-refractivity contribution < 1.29 is 19.1 Å². The maximum atomic E-state index is 13.2. The van der Waals surface area contributed by atoms with Crippen molar-refractivity contribution in [1.82, 2.24) is 10.2 Å². The summed E-state index contributed by atoms with van der Waals surface area (Å²) in [4.78, 5) is 39.5. The minimum absolute atomic E-state index is 0.396. The summed E-state index contributed by atoms with van der Waals surface area (Å²) >= 11 is 0. The number of anilines is 1. The number of rotatable bonds is 7. The fraction of sp³-hybridized carbons (Fsp3) is 0.292. The average molecular weight is 421 g/mol. The van der Waals surface area contributed by atoms with E-state index in [4.69, 9.17) is 4.74 Å². The predicted octanol–water partition coefficient (Wildman–Crippen LogP) is 3.74. The van der Waals surface area contributed by atoms with Gasteiger partial charge in [-0.15, -0.1) is 0 Å². The lowest BCUT2D eigenvalue weighted by molar-refractivity contribution is -0.136. The molecular formula is C24H27N3O4. The molecule has 0 spiro atoms. The van der Waals surface area contributed by atoms with Crippen LogP contribution in [0.3, 0.4) is 0 Å². The maximum Gasteiger partial charge on any atom is 0.326 e. The normalized spacial score (nSPS) is 19.0. The number of hydrogen-bond acceptors (Lipinski definition) is 4. The van der Waals surface area contributed by atoms with E-state index < -0.39 is 29.4 Å². The van der Waals surface area contributed by atoms with E-state index in [1.165, 1.54) is 6.92 Å². The standard InChI is InChI=1S/C24H27N3O4/c1-15(2)14-31-20-12-8-18(9-13-20)24(5)22(29)27(23(30)26-24)17(4)21(28)25-19-10-6-16(3)7-11-19/h6-13,17H,1,14H2,2-5H3,(H,25,28)(H,26,30). The molecule has 0 bridgehead atoms. The van der Waals surface area contributed by atoms with Gasteiger partial charge in [0.15, 0.2) is 0 Å². The number of urea groups is 1. The zero-order valence-corrected chi connectivity index (χ0v) is 18.2. The van der Waals surface area contributed by atoms with Gasteiger partial charge < -0.3 is 15.4 Å². The smallest absolute Gasteiger partial charge is 0.326 e. The number of carbonyl (C=O) groups excluding carboxylic acids is 3. The van der Waals surface area contributed by atoms with Crippen LogP contribution in [0.15, 0.2) is 60.7 Å². The van der Waals surface area contributed by atoms with Crippen LogP contribution in [0, 0.1) is 6.92 Å². The van der Waals surface area contributed by atoms with Crippen molar-refractivity contribution in [3.05, 3.63) is 71.8 Å². The fourth-order valence-corrected chi connectivity index (χ4v) is 3.30. The highest BCUT2D eigenvalue weighted by atomic mass is 16.5. The van der Waals surface area contributed by atoms with Crippen molar-refractivity contribution in [2.75, 3.05) is 11.9 Å². The van der Waals surface area contributed by atoms with Crippen LogP contribution in [0.5, 0.6) is 5.75 Å². The molecule has 3 rings (SSSR count). The lowest BCUT2D eigenvalue weighted by Gasteiger charge is -2.24. The molecule has 0 aromatic heterocycles. The van der Waals surface area contributed by atoms with Gasteiger partial charge in [0.05, 0.1) is 0 Å². The van der Waals surface area contributed by atoms with Gasteiger partial charge in [0.1, 0.15) is 23.9 Å². The molecule has 2 atom stereocenters. The average Bonchev–Trinajstić information content (AvgIpc) is 2.97. The summed E-state index contributed by atoms with van der Waals surface area (Å²) in [5, 5.41) is 5.47. The second kappa shape index (κ2) is 8.63. The summed E-state index contributed by atoms with van der Waals surface area (Å²) in [6.45, 7) is 11.2. The Kier molecular flexibility index (Phi) is 6.15. The molecule has 1 fully saturated rings. The summed E-state index contributed by atoms with van der Waals surface area (Å²) in [6.07, 6.45) is 0. The third-order valence-corrected chi connectivity index (χ3v) is 5.23. The molecule has 1 aliphatic rings. The van der Waals surface area contributed by atoms with Crippen molar-refractivity contribution in [1.29, 1.82) is 0 Å². The molecule has 7 heteroatoms. The Hall–Kier alpha value is -3.61. The van der Waals surface area contributed by atoms with Crippen LogP contribution >= 0.6 is 0 Å². The summed E-state index contributed by atoms with van der Waals surface area (Å²) in [5.74, 6) is -0.297. The van der Waals surface area contributed by atoms with Crippen LogP contribution in [0.1, 0.15) is 31.9 Å². The zero-order chi connectivity index (χ0) is 22.8. The van der Waals surface area contributed by atoms with Crippen LogP contribution in [-0.2, 0) is 15.1 Å². The third kappa shape index (κ3) is 4.60. The fourth-order valence-electron chi connectivity index (χ4n) is 3.30. The molecule has 2 unspecified atom stereocenters. The molecule has 2 aromatic carbocycles. The topological polar surface area (TPSA) is 87.7 Å². The molecule has 1 aliphatic heterocycles. The Bertz CT molecular complexity index is 1010. The predicted molar refractivity (Wildman–Crippen MR) is 119 cm³/mol. The number of nitrogens with one attached hydrogen (secondary N) is 2. The van der Waals surface area contributed by atoms with E-state index in [1.807, 2.05) is 26.0 Å². The molecule has 0 aliphatic carbocycles. The first kappa shape index (κ1) is 22.1. The Labute approximate surface area is 182 Å². The largest absolute Gasteiger partial charge is 0.489 e. The number of ether oxygens (including phenoxy) is 1. The van der Waals surface area contributed by atoms with Gasteiger partial charge in [-0.25, -0.2) is 9.69 Å². The monoisotopic (exact) mass is 421 g/mol. The van der Waals surface area contributed by atoms with Gasteiger partial charge in [-0.3, -0.25) is 9.59 Å². The summed E-state index contributed by atoms with van der Waals surface area (Å²) in [5.41, 5.74) is 1.88. The van der Waals surface area contributed by atoms with Crippen molar-refractivity contribution in [2.24, 2.45) is 0 Å². The molecule has 1 heterocycles. The van der Waals surface area contributed by atoms with E-state index in [0.717, 1.165) is 16.0 Å². The Morgan fingerprint density at radius 1 is 1.16 bits per heavy atom. The summed E-state index contributed by atoms with van der Waals surface area (Å²) < 4.78 is 5.59. The molecule has 2 aromatic rings. The summed E-state index contributed by atoms with van der Waals surface area (Å²) in [7, 11) is 0. The number of imide groups is 1. The lowest BCUT2D eigenvalue weighted by Crippen LogP contribution is -2.47. The van der Waals surface area contributed by atoms with Gasteiger partial charge in [-0.05, 0) is 63.1 Å².